The lowest BCUT2D eigenvalue weighted by Gasteiger charge is -2.36. The van der Waals surface area contributed by atoms with E-state index < -0.39 is 18.2 Å². The number of aromatic nitrogens is 2. The van der Waals surface area contributed by atoms with Gasteiger partial charge in [0, 0.05) is 29.1 Å². The molecule has 14 heteroatoms. The predicted molar refractivity (Wildman–Crippen MR) is 160 cm³/mol. The van der Waals surface area contributed by atoms with Gasteiger partial charge in [0.15, 0.2) is 0 Å². The molecule has 1 N–H and O–H groups in total. The molecule has 44 heavy (non-hydrogen) atoms. The Morgan fingerprint density at radius 3 is 2.57 bits per heavy atom. The number of carbonyl (C=O) groups excluding carboxylic acids is 1. The number of hydrogen-bond donors (Lipinski definition) is 1. The van der Waals surface area contributed by atoms with Crippen molar-refractivity contribution < 1.29 is 31.5 Å². The fraction of sp³-hybridized carbons (Fsp3) is 0.500. The predicted octanol–water partition coefficient (Wildman–Crippen LogP) is 6.92. The van der Waals surface area contributed by atoms with Crippen molar-refractivity contribution >= 4 is 40.6 Å². The number of halogens is 5. The number of thioether (sulfide) groups is 1. The monoisotopic (exact) mass is 653 g/mol. The lowest BCUT2D eigenvalue weighted by Crippen LogP contribution is -2.52. The SMILES string of the molecule is CCc1cc(C2CCN(CC(F)F)CC2)ccc1Nc1ncc(C(F)(F)F)c(-c2cc3c(s2)C(=O)N(C2COC2)CCS3)n1. The fourth-order valence-corrected chi connectivity index (χ4v) is 8.19. The highest BCUT2D eigenvalue weighted by atomic mass is 32.2. The quantitative estimate of drug-likeness (QED) is 0.265. The third-order valence-corrected chi connectivity index (χ3v) is 10.6. The summed E-state index contributed by atoms with van der Waals surface area (Å²) >= 11 is 2.48. The van der Waals surface area contributed by atoms with Gasteiger partial charge in [-0.1, -0.05) is 19.1 Å². The molecule has 0 saturated carbocycles. The fourth-order valence-electron chi connectivity index (χ4n) is 5.87. The molecule has 3 aliphatic heterocycles. The van der Waals surface area contributed by atoms with Crippen LogP contribution in [0.15, 0.2) is 35.4 Å². The third kappa shape index (κ3) is 6.58. The number of nitrogens with one attached hydrogen (secondary N) is 1. The number of fused-ring (bicyclic) bond motifs is 1. The van der Waals surface area contributed by atoms with Crippen LogP contribution in [0.1, 0.15) is 52.0 Å². The first-order valence-corrected chi connectivity index (χ1v) is 16.4. The summed E-state index contributed by atoms with van der Waals surface area (Å²) in [4.78, 5) is 26.6. The van der Waals surface area contributed by atoms with Crippen molar-refractivity contribution in [1.82, 2.24) is 19.8 Å². The molecule has 1 aromatic carbocycles. The zero-order valence-electron chi connectivity index (χ0n) is 24.0. The smallest absolute Gasteiger partial charge is 0.377 e. The minimum absolute atomic E-state index is 0.0161. The second-order valence-corrected chi connectivity index (χ2v) is 13.3. The summed E-state index contributed by atoms with van der Waals surface area (Å²) in [7, 11) is 0. The molecule has 236 valence electrons. The highest BCUT2D eigenvalue weighted by Crippen LogP contribution is 2.44. The van der Waals surface area contributed by atoms with Gasteiger partial charge in [-0.05, 0) is 61.5 Å². The summed E-state index contributed by atoms with van der Waals surface area (Å²) in [6, 6.07) is 7.53. The van der Waals surface area contributed by atoms with E-state index in [0.29, 0.717) is 60.5 Å². The molecule has 2 saturated heterocycles. The molecule has 1 amide bonds. The van der Waals surface area contributed by atoms with Crippen molar-refractivity contribution in [2.75, 3.05) is 50.5 Å². The molecule has 0 bridgehead atoms. The Bertz CT molecular complexity index is 1510. The lowest BCUT2D eigenvalue weighted by molar-refractivity contribution is -0.137. The van der Waals surface area contributed by atoms with E-state index in [1.807, 2.05) is 19.1 Å². The maximum atomic E-state index is 14.1. The molecule has 0 aliphatic carbocycles. The second-order valence-electron chi connectivity index (χ2n) is 11.2. The molecule has 0 atom stereocenters. The summed E-state index contributed by atoms with van der Waals surface area (Å²) in [6.45, 7) is 4.49. The number of likely N-dealkylation sites (tertiary alicyclic amines) is 1. The van der Waals surface area contributed by atoms with E-state index in [4.69, 9.17) is 4.74 Å². The van der Waals surface area contributed by atoms with Crippen molar-refractivity contribution in [1.29, 1.82) is 0 Å². The first kappa shape index (κ1) is 31.2. The number of ether oxygens (including phenoxy) is 1. The van der Waals surface area contributed by atoms with Gasteiger partial charge in [-0.25, -0.2) is 18.7 Å². The number of nitrogens with zero attached hydrogens (tertiary/aromatic N) is 4. The molecule has 3 aromatic rings. The largest absolute Gasteiger partial charge is 0.420 e. The highest BCUT2D eigenvalue weighted by molar-refractivity contribution is 7.99. The molecule has 0 spiro atoms. The summed E-state index contributed by atoms with van der Waals surface area (Å²) in [5.41, 5.74) is 1.51. The van der Waals surface area contributed by atoms with Crippen LogP contribution >= 0.6 is 23.1 Å². The molecule has 2 aromatic heterocycles. The second kappa shape index (κ2) is 12.9. The average molecular weight is 654 g/mol. The van der Waals surface area contributed by atoms with E-state index in [2.05, 4.69) is 21.4 Å². The van der Waals surface area contributed by atoms with E-state index in [1.165, 1.54) is 11.8 Å². The van der Waals surface area contributed by atoms with Gasteiger partial charge in [0.25, 0.3) is 12.3 Å². The van der Waals surface area contributed by atoms with E-state index in [1.54, 1.807) is 15.9 Å². The van der Waals surface area contributed by atoms with Gasteiger partial charge in [-0.2, -0.15) is 13.2 Å². The molecular formula is C30H32F5N5O2S2. The van der Waals surface area contributed by atoms with E-state index >= 15 is 0 Å². The summed E-state index contributed by atoms with van der Waals surface area (Å²) in [6.07, 6.45) is -4.02. The van der Waals surface area contributed by atoms with Gasteiger partial charge in [0.1, 0.15) is 10.4 Å². The molecule has 6 rings (SSSR count). The zero-order valence-corrected chi connectivity index (χ0v) is 25.6. The number of hydrogen-bond acceptors (Lipinski definition) is 8. The van der Waals surface area contributed by atoms with Gasteiger partial charge in [0.05, 0.1) is 36.4 Å². The van der Waals surface area contributed by atoms with E-state index in [0.717, 1.165) is 41.5 Å². The maximum absolute atomic E-state index is 14.1. The number of amides is 1. The third-order valence-electron chi connectivity index (χ3n) is 8.34. The van der Waals surface area contributed by atoms with Crippen LogP contribution in [-0.4, -0.2) is 83.3 Å². The number of piperidine rings is 1. The van der Waals surface area contributed by atoms with Crippen LogP contribution in [0.3, 0.4) is 0 Å². The van der Waals surface area contributed by atoms with Crippen LogP contribution in [0, 0.1) is 0 Å². The van der Waals surface area contributed by atoms with Crippen LogP contribution in [0.5, 0.6) is 0 Å². The van der Waals surface area contributed by atoms with E-state index in [-0.39, 0.29) is 40.9 Å². The maximum Gasteiger partial charge on any atom is 0.420 e. The van der Waals surface area contributed by atoms with Crippen molar-refractivity contribution in [2.45, 2.75) is 55.6 Å². The molecule has 5 heterocycles. The topological polar surface area (TPSA) is 70.6 Å². The Labute approximate surface area is 260 Å². The Hall–Kier alpha value is -2.81. The molecule has 7 nitrogen and oxygen atoms in total. The molecule has 0 unspecified atom stereocenters. The summed E-state index contributed by atoms with van der Waals surface area (Å²) < 4.78 is 73.2. The first-order valence-electron chi connectivity index (χ1n) is 14.6. The van der Waals surface area contributed by atoms with Gasteiger partial charge < -0.3 is 15.0 Å². The Morgan fingerprint density at radius 1 is 1.14 bits per heavy atom. The van der Waals surface area contributed by atoms with Crippen molar-refractivity contribution in [3.8, 4) is 10.6 Å². The van der Waals surface area contributed by atoms with Crippen LogP contribution in [0.4, 0.5) is 33.6 Å². The first-order chi connectivity index (χ1) is 21.1. The van der Waals surface area contributed by atoms with Crippen LogP contribution in [-0.2, 0) is 17.3 Å². The number of benzene rings is 1. The standard InChI is InChI=1S/C30H32F5N5O2S2/c1-2-17-11-19(18-5-7-39(8-6-18)14-25(31)32)3-4-22(17)37-29-36-13-21(30(33,34)35)26(38-29)23-12-24-27(44-23)28(41)40(9-10-43-24)20-15-42-16-20/h3-4,11-13,18,20,25H,2,5-10,14-16H2,1H3,(H,36,37,38). The van der Waals surface area contributed by atoms with Gasteiger partial charge >= 0.3 is 6.18 Å². The summed E-state index contributed by atoms with van der Waals surface area (Å²) in [5, 5.41) is 3.12. The van der Waals surface area contributed by atoms with E-state index in [9.17, 15) is 26.7 Å². The van der Waals surface area contributed by atoms with Gasteiger partial charge in [-0.3, -0.25) is 9.69 Å². The number of thiophene rings is 1. The number of rotatable bonds is 8. The molecule has 2 fully saturated rings. The molecular weight excluding hydrogens is 621 g/mol. The highest BCUT2D eigenvalue weighted by Gasteiger charge is 2.38. The Balaban J connectivity index is 1.26. The zero-order chi connectivity index (χ0) is 31.0. The van der Waals surface area contributed by atoms with Crippen LogP contribution < -0.4 is 5.32 Å². The average Bonchev–Trinajstić information content (AvgIpc) is 3.33. The number of aryl methyl sites for hydroxylation is 1. The van der Waals surface area contributed by atoms with Crippen LogP contribution in [0.2, 0.25) is 0 Å². The van der Waals surface area contributed by atoms with Crippen molar-refractivity contribution in [2.24, 2.45) is 0 Å². The lowest BCUT2D eigenvalue weighted by atomic mass is 9.88. The summed E-state index contributed by atoms with van der Waals surface area (Å²) in [5.74, 6) is 0.715. The number of anilines is 2. The number of alkyl halides is 5. The van der Waals surface area contributed by atoms with Crippen LogP contribution in [0.25, 0.3) is 10.6 Å². The minimum atomic E-state index is -4.69. The van der Waals surface area contributed by atoms with Gasteiger partial charge in [0.2, 0.25) is 5.95 Å². The molecule has 0 radical (unpaired) electrons. The normalized spacial score (nSPS) is 18.8. The minimum Gasteiger partial charge on any atom is -0.377 e. The van der Waals surface area contributed by atoms with Crippen molar-refractivity contribution in [3.63, 3.8) is 0 Å². The Kier molecular flexibility index (Phi) is 9.14. The Morgan fingerprint density at radius 2 is 1.91 bits per heavy atom. The number of carbonyl (C=O) groups is 1. The van der Waals surface area contributed by atoms with Gasteiger partial charge in [-0.15, -0.1) is 23.1 Å². The molecule has 3 aliphatic rings. The van der Waals surface area contributed by atoms with Crippen molar-refractivity contribution in [3.05, 3.63) is 52.0 Å².